The average molecular weight is 342 g/mol. The summed E-state index contributed by atoms with van der Waals surface area (Å²) in [6.07, 6.45) is 2.47. The largest absolute Gasteiger partial charge is 0.388 e. The van der Waals surface area contributed by atoms with E-state index in [2.05, 4.69) is 25.8 Å². The number of nitrogens with zero attached hydrogens (tertiary/aromatic N) is 1. The van der Waals surface area contributed by atoms with E-state index in [-0.39, 0.29) is 5.41 Å². The fourth-order valence-corrected chi connectivity index (χ4v) is 3.98. The van der Waals surface area contributed by atoms with Crippen molar-refractivity contribution in [3.05, 3.63) is 45.9 Å². The van der Waals surface area contributed by atoms with Crippen LogP contribution in [-0.4, -0.2) is 21.4 Å². The van der Waals surface area contributed by atoms with E-state index in [1.165, 1.54) is 0 Å². The monoisotopic (exact) mass is 341 g/mol. The molecular weight excluding hydrogens is 322 g/mol. The zero-order chi connectivity index (χ0) is 15.5. The highest BCUT2D eigenvalue weighted by Crippen LogP contribution is 2.38. The minimum Gasteiger partial charge on any atom is -0.388 e. The highest BCUT2D eigenvalue weighted by atomic mass is 35.5. The first kappa shape index (κ1) is 16.8. The average Bonchev–Trinajstić information content (AvgIpc) is 2.89. The van der Waals surface area contributed by atoms with Crippen LogP contribution in [0.1, 0.15) is 25.6 Å². The third-order valence-electron chi connectivity index (χ3n) is 3.64. The number of rotatable bonds is 5. The lowest BCUT2D eigenvalue weighted by Gasteiger charge is -2.40. The summed E-state index contributed by atoms with van der Waals surface area (Å²) in [6.45, 7) is 6.24. The van der Waals surface area contributed by atoms with Crippen LogP contribution in [-0.2, 0) is 6.42 Å². The molecule has 0 spiro atoms. The Morgan fingerprint density at radius 3 is 2.43 bits per heavy atom. The zero-order valence-electron chi connectivity index (χ0n) is 12.5. The summed E-state index contributed by atoms with van der Waals surface area (Å²) in [4.78, 5) is 6.33. The van der Waals surface area contributed by atoms with Crippen molar-refractivity contribution in [2.45, 2.75) is 37.7 Å². The van der Waals surface area contributed by atoms with Crippen molar-refractivity contribution >= 4 is 34.7 Å². The predicted molar refractivity (Wildman–Crippen MR) is 92.4 cm³/mol. The van der Waals surface area contributed by atoms with E-state index in [9.17, 15) is 5.11 Å². The molecule has 1 N–H and O–H groups in total. The second kappa shape index (κ2) is 6.69. The zero-order valence-corrected chi connectivity index (χ0v) is 14.9. The van der Waals surface area contributed by atoms with Crippen LogP contribution < -0.4 is 0 Å². The number of benzene rings is 1. The second-order valence-electron chi connectivity index (χ2n) is 6.17. The molecule has 1 aromatic heterocycles. The number of hydrogen-bond acceptors (Lipinski definition) is 4. The first-order chi connectivity index (χ1) is 9.80. The lowest BCUT2D eigenvalue weighted by atomic mass is 9.75. The summed E-state index contributed by atoms with van der Waals surface area (Å²) in [5.74, 6) is 0.635. The van der Waals surface area contributed by atoms with Crippen LogP contribution >= 0.6 is 34.7 Å². The third kappa shape index (κ3) is 4.46. The van der Waals surface area contributed by atoms with E-state index in [0.29, 0.717) is 12.2 Å². The van der Waals surface area contributed by atoms with Crippen LogP contribution in [0.2, 0.25) is 5.02 Å². The van der Waals surface area contributed by atoms with Gasteiger partial charge in [0.15, 0.2) is 0 Å². The number of aliphatic hydroxyl groups is 1. The number of thioether (sulfide) groups is 1. The molecule has 0 bridgehead atoms. The molecule has 2 nitrogen and oxygen atoms in total. The minimum absolute atomic E-state index is 0.212. The van der Waals surface area contributed by atoms with E-state index in [1.54, 1.807) is 23.1 Å². The SMILES string of the molecule is CC(C)(C)C(O)(CSc1ccc(Cl)cc1)Cc1cncs1. The minimum atomic E-state index is -0.788. The van der Waals surface area contributed by atoms with Crippen LogP contribution in [0.4, 0.5) is 0 Å². The maximum absolute atomic E-state index is 11.2. The van der Waals surface area contributed by atoms with Gasteiger partial charge in [-0.2, -0.15) is 0 Å². The summed E-state index contributed by atoms with van der Waals surface area (Å²) in [6, 6.07) is 7.73. The molecule has 21 heavy (non-hydrogen) atoms. The van der Waals surface area contributed by atoms with Gasteiger partial charge in [0.05, 0.1) is 11.1 Å². The fraction of sp³-hybridized carbons (Fsp3) is 0.438. The van der Waals surface area contributed by atoms with Gasteiger partial charge in [0.1, 0.15) is 0 Å². The molecular formula is C16H20ClNOS2. The van der Waals surface area contributed by atoms with Crippen molar-refractivity contribution in [2.75, 3.05) is 5.75 Å². The lowest BCUT2D eigenvalue weighted by Crippen LogP contribution is -2.47. The molecule has 0 saturated heterocycles. The lowest BCUT2D eigenvalue weighted by molar-refractivity contribution is -0.0354. The molecule has 1 unspecified atom stereocenters. The van der Waals surface area contributed by atoms with Gasteiger partial charge in [-0.05, 0) is 29.7 Å². The Morgan fingerprint density at radius 1 is 1.24 bits per heavy atom. The van der Waals surface area contributed by atoms with E-state index in [4.69, 9.17) is 11.6 Å². The van der Waals surface area contributed by atoms with Crippen molar-refractivity contribution in [3.8, 4) is 0 Å². The van der Waals surface area contributed by atoms with Crippen molar-refractivity contribution in [2.24, 2.45) is 5.41 Å². The molecule has 0 aliphatic heterocycles. The van der Waals surface area contributed by atoms with Crippen LogP contribution in [0.3, 0.4) is 0 Å². The maximum atomic E-state index is 11.2. The molecule has 0 fully saturated rings. The molecule has 1 atom stereocenters. The van der Waals surface area contributed by atoms with Gasteiger partial charge in [-0.15, -0.1) is 23.1 Å². The number of aromatic nitrogens is 1. The van der Waals surface area contributed by atoms with Crippen LogP contribution in [0.15, 0.2) is 40.9 Å². The van der Waals surface area contributed by atoms with E-state index in [0.717, 1.165) is 14.8 Å². The van der Waals surface area contributed by atoms with Gasteiger partial charge in [-0.1, -0.05) is 32.4 Å². The molecule has 0 aliphatic rings. The van der Waals surface area contributed by atoms with Crippen molar-refractivity contribution in [1.29, 1.82) is 0 Å². The first-order valence-electron chi connectivity index (χ1n) is 6.78. The topological polar surface area (TPSA) is 33.1 Å². The molecule has 5 heteroatoms. The smallest absolute Gasteiger partial charge is 0.0837 e. The molecule has 2 rings (SSSR count). The van der Waals surface area contributed by atoms with Crippen molar-refractivity contribution in [1.82, 2.24) is 4.98 Å². The van der Waals surface area contributed by atoms with Crippen LogP contribution in [0.25, 0.3) is 0 Å². The summed E-state index contributed by atoms with van der Waals surface area (Å²) >= 11 is 9.16. The summed E-state index contributed by atoms with van der Waals surface area (Å²) < 4.78 is 0. The molecule has 0 aliphatic carbocycles. The van der Waals surface area contributed by atoms with Gasteiger partial charge in [0.25, 0.3) is 0 Å². The Hall–Kier alpha value is -0.550. The molecule has 0 saturated carbocycles. The van der Waals surface area contributed by atoms with E-state index in [1.807, 2.05) is 36.0 Å². The third-order valence-corrected chi connectivity index (χ3v) is 5.90. The molecule has 2 aromatic rings. The highest BCUT2D eigenvalue weighted by molar-refractivity contribution is 7.99. The van der Waals surface area contributed by atoms with E-state index >= 15 is 0 Å². The molecule has 0 amide bonds. The number of hydrogen-bond donors (Lipinski definition) is 1. The molecule has 1 heterocycles. The quantitative estimate of drug-likeness (QED) is 0.784. The van der Waals surface area contributed by atoms with Crippen molar-refractivity contribution < 1.29 is 5.11 Å². The second-order valence-corrected chi connectivity index (χ2v) is 8.62. The standard InChI is InChI=1S/C16H20ClNOS2/c1-15(2,3)16(19,8-14-9-18-11-21-14)10-20-13-6-4-12(17)5-7-13/h4-7,9,11,19H,8,10H2,1-3H3. The Balaban J connectivity index is 2.11. The Kier molecular flexibility index (Phi) is 5.36. The summed E-state index contributed by atoms with van der Waals surface area (Å²) in [5.41, 5.74) is 0.811. The normalized spacial score (nSPS) is 14.9. The Labute approximate surface area is 139 Å². The van der Waals surface area contributed by atoms with Crippen molar-refractivity contribution in [3.63, 3.8) is 0 Å². The van der Waals surface area contributed by atoms with Crippen LogP contribution in [0.5, 0.6) is 0 Å². The summed E-state index contributed by atoms with van der Waals surface area (Å²) in [7, 11) is 0. The Morgan fingerprint density at radius 2 is 1.90 bits per heavy atom. The van der Waals surface area contributed by atoms with Gasteiger partial charge >= 0.3 is 0 Å². The maximum Gasteiger partial charge on any atom is 0.0837 e. The fourth-order valence-electron chi connectivity index (χ4n) is 1.88. The van der Waals surface area contributed by atoms with E-state index < -0.39 is 5.60 Å². The van der Waals surface area contributed by atoms with Crippen LogP contribution in [0, 0.1) is 5.41 Å². The Bertz CT molecular complexity index is 563. The predicted octanol–water partition coefficient (Wildman–Crippen LogP) is 4.91. The summed E-state index contributed by atoms with van der Waals surface area (Å²) in [5, 5.41) is 11.9. The van der Waals surface area contributed by atoms with Gasteiger partial charge in [0.2, 0.25) is 0 Å². The number of halogens is 1. The number of thiazole rings is 1. The first-order valence-corrected chi connectivity index (χ1v) is 9.03. The van der Waals surface area contributed by atoms with Gasteiger partial charge in [-0.3, -0.25) is 4.98 Å². The van der Waals surface area contributed by atoms with Gasteiger partial charge in [0, 0.05) is 33.2 Å². The van der Waals surface area contributed by atoms with Gasteiger partial charge < -0.3 is 5.11 Å². The highest BCUT2D eigenvalue weighted by Gasteiger charge is 2.40. The molecule has 0 radical (unpaired) electrons. The molecule has 114 valence electrons. The molecule has 1 aromatic carbocycles. The van der Waals surface area contributed by atoms with Gasteiger partial charge in [-0.25, -0.2) is 0 Å².